The van der Waals surface area contributed by atoms with Crippen LogP contribution in [0.2, 0.25) is 13.8 Å². The third-order valence-electron chi connectivity index (χ3n) is 1.28. The van der Waals surface area contributed by atoms with Gasteiger partial charge in [-0.1, -0.05) is 0 Å². The molecule has 1 heteroatoms. The van der Waals surface area contributed by atoms with E-state index in [4.69, 9.17) is 0 Å². The van der Waals surface area contributed by atoms with E-state index in [1.807, 2.05) is 0 Å². The van der Waals surface area contributed by atoms with Crippen molar-refractivity contribution < 1.29 is 0 Å². The van der Waals surface area contributed by atoms with Gasteiger partial charge in [-0.15, -0.1) is 0 Å². The molecular formula is C6H15Sn+. The van der Waals surface area contributed by atoms with Gasteiger partial charge in [0.05, 0.1) is 0 Å². The molecule has 0 saturated carbocycles. The van der Waals surface area contributed by atoms with Crippen LogP contribution in [0.1, 0.15) is 20.3 Å². The van der Waals surface area contributed by atoms with Crippen molar-refractivity contribution in [2.24, 2.45) is 0 Å². The van der Waals surface area contributed by atoms with Crippen LogP contribution < -0.4 is 0 Å². The van der Waals surface area contributed by atoms with E-state index in [0.29, 0.717) is 0 Å². The van der Waals surface area contributed by atoms with Crippen molar-refractivity contribution in [3.8, 4) is 0 Å². The molecule has 0 aliphatic rings. The fourth-order valence-corrected chi connectivity index (χ4v) is 4.05. The first-order chi connectivity index (χ1) is 3.31. The van der Waals surface area contributed by atoms with Crippen LogP contribution >= 0.6 is 0 Å². The molecule has 0 N–H and O–H groups in total. The Labute approximate surface area is 54.0 Å². The molecule has 0 unspecified atom stereocenters. The van der Waals surface area contributed by atoms with Gasteiger partial charge in [0.25, 0.3) is 0 Å². The summed E-state index contributed by atoms with van der Waals surface area (Å²) in [4.78, 5) is 2.51. The molecule has 42 valence electrons. The van der Waals surface area contributed by atoms with Crippen LogP contribution in [-0.2, 0) is 0 Å². The molecule has 0 nitrogen and oxygen atoms in total. The summed E-state index contributed by atoms with van der Waals surface area (Å²) in [6.45, 7) is 4.63. The van der Waals surface area contributed by atoms with Crippen molar-refractivity contribution in [1.29, 1.82) is 0 Å². The van der Waals surface area contributed by atoms with Gasteiger partial charge in [-0.25, -0.2) is 0 Å². The van der Waals surface area contributed by atoms with Gasteiger partial charge in [0.2, 0.25) is 0 Å². The van der Waals surface area contributed by atoms with Crippen molar-refractivity contribution in [1.82, 2.24) is 0 Å². The van der Waals surface area contributed by atoms with Crippen LogP contribution in [0.4, 0.5) is 0 Å². The summed E-state index contributed by atoms with van der Waals surface area (Å²) in [5, 5.41) is 0. The van der Waals surface area contributed by atoms with E-state index in [1.54, 1.807) is 4.44 Å². The monoisotopic (exact) mass is 207 g/mol. The zero-order valence-corrected chi connectivity index (χ0v) is 8.48. The normalized spacial score (nSPS) is 9.00. The maximum atomic E-state index is 2.51. The first kappa shape index (κ1) is 7.80. The van der Waals surface area contributed by atoms with E-state index in [-0.39, 0.29) is 0 Å². The van der Waals surface area contributed by atoms with E-state index in [2.05, 4.69) is 18.8 Å². The summed E-state index contributed by atoms with van der Waals surface area (Å²) in [5.41, 5.74) is 0. The van der Waals surface area contributed by atoms with E-state index >= 15 is 0 Å². The molecule has 0 saturated heterocycles. The Bertz CT molecular complexity index is 35.2. The van der Waals surface area contributed by atoms with Gasteiger partial charge in [-0.3, -0.25) is 0 Å². The third-order valence-corrected chi connectivity index (χ3v) is 8.59. The average Bonchev–Trinajstić information content (AvgIpc) is 1.68. The SMILES string of the molecule is CC[CH2][Sn+]([CH3])[CH2]C. The molecule has 0 aromatic carbocycles. The van der Waals surface area contributed by atoms with Crippen LogP contribution in [0.25, 0.3) is 0 Å². The fraction of sp³-hybridized carbons (Fsp3) is 1.00. The number of hydrogen-bond acceptors (Lipinski definition) is 0. The Morgan fingerprint density at radius 2 is 1.86 bits per heavy atom. The summed E-state index contributed by atoms with van der Waals surface area (Å²) in [7, 11) is 0. The van der Waals surface area contributed by atoms with Gasteiger partial charge in [0, 0.05) is 0 Å². The van der Waals surface area contributed by atoms with Gasteiger partial charge in [-0.2, -0.15) is 0 Å². The number of rotatable bonds is 3. The summed E-state index contributed by atoms with van der Waals surface area (Å²) in [6, 6.07) is 0. The Morgan fingerprint density at radius 3 is 2.00 bits per heavy atom. The predicted octanol–water partition coefficient (Wildman–Crippen LogP) is 2.54. The van der Waals surface area contributed by atoms with Gasteiger partial charge in [-0.05, 0) is 0 Å². The Kier molecular flexibility index (Phi) is 5.51. The molecule has 0 fully saturated rings. The van der Waals surface area contributed by atoms with Crippen molar-refractivity contribution in [3.63, 3.8) is 0 Å². The predicted molar refractivity (Wildman–Crippen MR) is 37.2 cm³/mol. The molecule has 0 amide bonds. The molecule has 0 heterocycles. The topological polar surface area (TPSA) is 0 Å². The fourth-order valence-electron chi connectivity index (χ4n) is 0.604. The van der Waals surface area contributed by atoms with E-state index in [9.17, 15) is 0 Å². The molecule has 0 aromatic heterocycles. The Balaban J connectivity index is 2.83. The minimum atomic E-state index is -0.652. The molecule has 0 atom stereocenters. The van der Waals surface area contributed by atoms with Crippen LogP contribution in [0.15, 0.2) is 0 Å². The quantitative estimate of drug-likeness (QED) is 0.622. The van der Waals surface area contributed by atoms with Gasteiger partial charge in [0.1, 0.15) is 0 Å². The number of hydrogen-bond donors (Lipinski definition) is 0. The Hall–Kier alpha value is 0.799. The summed E-state index contributed by atoms with van der Waals surface area (Å²) < 4.78 is 3.13. The van der Waals surface area contributed by atoms with Gasteiger partial charge in [0.15, 0.2) is 0 Å². The summed E-state index contributed by atoms with van der Waals surface area (Å²) >= 11 is -0.652. The van der Waals surface area contributed by atoms with Crippen molar-refractivity contribution >= 4 is 19.8 Å². The van der Waals surface area contributed by atoms with Gasteiger partial charge < -0.3 is 0 Å². The average molecular weight is 206 g/mol. The second-order valence-corrected chi connectivity index (χ2v) is 11.0. The molecule has 0 radical (unpaired) electrons. The first-order valence-electron chi connectivity index (χ1n) is 3.12. The zero-order chi connectivity index (χ0) is 5.70. The van der Waals surface area contributed by atoms with E-state index in [1.165, 1.54) is 10.9 Å². The molecule has 0 aliphatic carbocycles. The van der Waals surface area contributed by atoms with Crippen molar-refractivity contribution in [3.05, 3.63) is 0 Å². The maximum absolute atomic E-state index is 2.51. The molecule has 0 aromatic rings. The molecule has 0 spiro atoms. The van der Waals surface area contributed by atoms with Crippen LogP contribution in [-0.4, -0.2) is 19.8 Å². The van der Waals surface area contributed by atoms with E-state index < -0.39 is 19.8 Å². The summed E-state index contributed by atoms with van der Waals surface area (Å²) in [6.07, 6.45) is 1.43. The second-order valence-electron chi connectivity index (χ2n) is 2.06. The second kappa shape index (κ2) is 4.95. The van der Waals surface area contributed by atoms with Crippen LogP contribution in [0, 0.1) is 0 Å². The molecule has 0 bridgehead atoms. The minimum absolute atomic E-state index is 0.652. The standard InChI is InChI=1S/C3H7.C2H5.CH3.Sn/c1-3-2;1-2;;/h1,3H2,2H3;1H2,2H3;1H3;/q;;;+1. The zero-order valence-electron chi connectivity index (χ0n) is 5.62. The molecular weight excluding hydrogens is 191 g/mol. The van der Waals surface area contributed by atoms with Crippen molar-refractivity contribution in [2.75, 3.05) is 0 Å². The summed E-state index contributed by atoms with van der Waals surface area (Å²) in [5.74, 6) is 0. The van der Waals surface area contributed by atoms with Gasteiger partial charge >= 0.3 is 53.8 Å². The molecule has 0 rings (SSSR count). The molecule has 0 aliphatic heterocycles. The van der Waals surface area contributed by atoms with Crippen molar-refractivity contribution in [2.45, 2.75) is 34.1 Å². The third kappa shape index (κ3) is 4.66. The van der Waals surface area contributed by atoms with E-state index in [0.717, 1.165) is 0 Å². The Morgan fingerprint density at radius 1 is 1.29 bits per heavy atom. The van der Waals surface area contributed by atoms with Crippen LogP contribution in [0.5, 0.6) is 0 Å². The molecule has 7 heavy (non-hydrogen) atoms. The first-order valence-corrected chi connectivity index (χ1v) is 10.0. The van der Waals surface area contributed by atoms with Crippen LogP contribution in [0.3, 0.4) is 0 Å².